The molecule has 2 rings (SSSR count). The molecule has 2 amide bonds. The first-order chi connectivity index (χ1) is 10.5. The van der Waals surface area contributed by atoms with E-state index in [1.165, 1.54) is 0 Å². The second-order valence-corrected chi connectivity index (χ2v) is 6.16. The van der Waals surface area contributed by atoms with Gasteiger partial charge in [0.25, 0.3) is 0 Å². The van der Waals surface area contributed by atoms with Crippen LogP contribution in [0.15, 0.2) is 30.3 Å². The number of carbonyl (C=O) groups excluding carboxylic acids is 1. The highest BCUT2D eigenvalue weighted by molar-refractivity contribution is 5.74. The minimum atomic E-state index is -0.727. The Bertz CT molecular complexity index is 472. The van der Waals surface area contributed by atoms with Gasteiger partial charge in [-0.15, -0.1) is 0 Å². The lowest BCUT2D eigenvalue weighted by Crippen LogP contribution is -2.47. The van der Waals surface area contributed by atoms with Crippen molar-refractivity contribution in [2.45, 2.75) is 37.3 Å². The standard InChI is InChI=1S/C17H26N2O3/c1-19(13-17(21)10-6-7-11-17)16(20)18-15(12-22-2)14-8-4-3-5-9-14/h3-5,8-9,15,21H,6-7,10-13H2,1-2H3,(H,18,20). The Kier molecular flexibility index (Phi) is 5.80. The van der Waals surface area contributed by atoms with Crippen LogP contribution in [0.1, 0.15) is 37.3 Å². The van der Waals surface area contributed by atoms with E-state index < -0.39 is 5.60 Å². The molecule has 0 aromatic heterocycles. The van der Waals surface area contributed by atoms with Crippen LogP contribution in [0.5, 0.6) is 0 Å². The zero-order valence-electron chi connectivity index (χ0n) is 13.4. The first kappa shape index (κ1) is 16.8. The lowest BCUT2D eigenvalue weighted by molar-refractivity contribution is 0.0240. The van der Waals surface area contributed by atoms with E-state index in [0.717, 1.165) is 31.2 Å². The van der Waals surface area contributed by atoms with E-state index in [2.05, 4.69) is 5.32 Å². The highest BCUT2D eigenvalue weighted by atomic mass is 16.5. The molecule has 1 unspecified atom stereocenters. The molecule has 1 saturated carbocycles. The van der Waals surface area contributed by atoms with Gasteiger partial charge in [-0.2, -0.15) is 0 Å². The Morgan fingerprint density at radius 3 is 2.59 bits per heavy atom. The molecule has 122 valence electrons. The van der Waals surface area contributed by atoms with Gasteiger partial charge in [-0.05, 0) is 18.4 Å². The molecule has 1 aromatic rings. The van der Waals surface area contributed by atoms with Crippen molar-refractivity contribution in [3.05, 3.63) is 35.9 Å². The Morgan fingerprint density at radius 2 is 2.00 bits per heavy atom. The molecule has 5 nitrogen and oxygen atoms in total. The van der Waals surface area contributed by atoms with Gasteiger partial charge in [0, 0.05) is 14.2 Å². The van der Waals surface area contributed by atoms with Gasteiger partial charge in [0.2, 0.25) is 0 Å². The number of amides is 2. The minimum Gasteiger partial charge on any atom is -0.388 e. The first-order valence-electron chi connectivity index (χ1n) is 7.82. The van der Waals surface area contributed by atoms with Crippen LogP contribution in [0.4, 0.5) is 4.79 Å². The van der Waals surface area contributed by atoms with Crippen molar-refractivity contribution in [2.75, 3.05) is 27.3 Å². The first-order valence-corrected chi connectivity index (χ1v) is 7.82. The van der Waals surface area contributed by atoms with Gasteiger partial charge < -0.3 is 20.1 Å². The number of benzene rings is 1. The Labute approximate surface area is 132 Å². The fourth-order valence-corrected chi connectivity index (χ4v) is 3.04. The molecule has 0 heterocycles. The minimum absolute atomic E-state index is 0.189. The van der Waals surface area contributed by atoms with E-state index in [9.17, 15) is 9.90 Å². The number of likely N-dealkylation sites (N-methyl/N-ethyl adjacent to an activating group) is 1. The number of carbonyl (C=O) groups is 1. The third-order valence-corrected chi connectivity index (χ3v) is 4.25. The Hall–Kier alpha value is -1.59. The molecule has 5 heteroatoms. The molecule has 22 heavy (non-hydrogen) atoms. The maximum absolute atomic E-state index is 12.4. The van der Waals surface area contributed by atoms with E-state index >= 15 is 0 Å². The van der Waals surface area contributed by atoms with Gasteiger partial charge in [0.15, 0.2) is 0 Å². The molecule has 0 spiro atoms. The Balaban J connectivity index is 1.95. The molecule has 0 bridgehead atoms. The number of aliphatic hydroxyl groups is 1. The lowest BCUT2D eigenvalue weighted by Gasteiger charge is -2.30. The van der Waals surface area contributed by atoms with E-state index in [1.54, 1.807) is 19.1 Å². The molecule has 2 N–H and O–H groups in total. The van der Waals surface area contributed by atoms with Crippen LogP contribution >= 0.6 is 0 Å². The maximum atomic E-state index is 12.4. The van der Waals surface area contributed by atoms with Crippen LogP contribution < -0.4 is 5.32 Å². The number of urea groups is 1. The van der Waals surface area contributed by atoms with Crippen LogP contribution in [0.2, 0.25) is 0 Å². The number of nitrogens with zero attached hydrogens (tertiary/aromatic N) is 1. The predicted molar refractivity (Wildman–Crippen MR) is 85.6 cm³/mol. The molecular formula is C17H26N2O3. The van der Waals surface area contributed by atoms with E-state index in [0.29, 0.717) is 13.2 Å². The van der Waals surface area contributed by atoms with Crippen molar-refractivity contribution in [1.82, 2.24) is 10.2 Å². The van der Waals surface area contributed by atoms with Crippen molar-refractivity contribution >= 4 is 6.03 Å². The highest BCUT2D eigenvalue weighted by Crippen LogP contribution is 2.30. The SMILES string of the molecule is COCC(NC(=O)N(C)CC1(O)CCCC1)c1ccccc1. The van der Waals surface area contributed by atoms with Gasteiger partial charge in [0.05, 0.1) is 24.8 Å². The Morgan fingerprint density at radius 1 is 1.36 bits per heavy atom. The maximum Gasteiger partial charge on any atom is 0.317 e. The van der Waals surface area contributed by atoms with Gasteiger partial charge in [0.1, 0.15) is 0 Å². The largest absolute Gasteiger partial charge is 0.388 e. The number of hydrogen-bond acceptors (Lipinski definition) is 3. The summed E-state index contributed by atoms with van der Waals surface area (Å²) in [4.78, 5) is 13.9. The average Bonchev–Trinajstić information content (AvgIpc) is 2.94. The molecule has 1 aliphatic carbocycles. The van der Waals surface area contributed by atoms with Crippen molar-refractivity contribution in [1.29, 1.82) is 0 Å². The number of rotatable bonds is 6. The van der Waals surface area contributed by atoms with Gasteiger partial charge in [-0.3, -0.25) is 0 Å². The fourth-order valence-electron chi connectivity index (χ4n) is 3.04. The van der Waals surface area contributed by atoms with E-state index in [4.69, 9.17) is 4.74 Å². The van der Waals surface area contributed by atoms with Crippen molar-refractivity contribution in [3.8, 4) is 0 Å². The summed E-state index contributed by atoms with van der Waals surface area (Å²) in [5, 5.41) is 13.4. The lowest BCUT2D eigenvalue weighted by atomic mass is 10.0. The average molecular weight is 306 g/mol. The summed E-state index contributed by atoms with van der Waals surface area (Å²) in [6, 6.07) is 9.37. The topological polar surface area (TPSA) is 61.8 Å². The summed E-state index contributed by atoms with van der Waals surface area (Å²) in [5.41, 5.74) is 0.279. The van der Waals surface area contributed by atoms with Gasteiger partial charge >= 0.3 is 6.03 Å². The molecule has 1 aromatic carbocycles. The number of ether oxygens (including phenoxy) is 1. The summed E-state index contributed by atoms with van der Waals surface area (Å²) in [7, 11) is 3.34. The van der Waals surface area contributed by atoms with Crippen LogP contribution in [0, 0.1) is 0 Å². The smallest absolute Gasteiger partial charge is 0.317 e. The molecule has 1 aliphatic rings. The van der Waals surface area contributed by atoms with E-state index in [1.807, 2.05) is 30.3 Å². The molecule has 0 aliphatic heterocycles. The van der Waals surface area contributed by atoms with Crippen molar-refractivity contribution < 1.29 is 14.6 Å². The molecule has 1 atom stereocenters. The number of hydrogen-bond donors (Lipinski definition) is 2. The summed E-state index contributed by atoms with van der Waals surface area (Å²) in [5.74, 6) is 0. The normalized spacial score (nSPS) is 18.0. The third-order valence-electron chi connectivity index (χ3n) is 4.25. The fraction of sp³-hybridized carbons (Fsp3) is 0.588. The van der Waals surface area contributed by atoms with Crippen molar-refractivity contribution in [2.24, 2.45) is 0 Å². The predicted octanol–water partition coefficient (Wildman–Crippen LogP) is 2.32. The third kappa shape index (κ3) is 4.45. The van der Waals surface area contributed by atoms with Crippen LogP contribution in [0.3, 0.4) is 0 Å². The van der Waals surface area contributed by atoms with Crippen LogP contribution in [0.25, 0.3) is 0 Å². The van der Waals surface area contributed by atoms with Gasteiger partial charge in [-0.1, -0.05) is 43.2 Å². The molecular weight excluding hydrogens is 280 g/mol. The van der Waals surface area contributed by atoms with Gasteiger partial charge in [-0.25, -0.2) is 4.79 Å². The summed E-state index contributed by atoms with van der Waals surface area (Å²) in [6.45, 7) is 0.779. The zero-order chi connectivity index (χ0) is 16.0. The quantitative estimate of drug-likeness (QED) is 0.848. The monoisotopic (exact) mass is 306 g/mol. The van der Waals surface area contributed by atoms with E-state index in [-0.39, 0.29) is 12.1 Å². The van der Waals surface area contributed by atoms with Crippen LogP contribution in [-0.2, 0) is 4.74 Å². The molecule has 0 saturated heterocycles. The summed E-state index contributed by atoms with van der Waals surface area (Å²) in [6.07, 6.45) is 3.60. The molecule has 1 fully saturated rings. The van der Waals surface area contributed by atoms with Crippen molar-refractivity contribution in [3.63, 3.8) is 0 Å². The zero-order valence-corrected chi connectivity index (χ0v) is 13.4. The highest BCUT2D eigenvalue weighted by Gasteiger charge is 2.33. The second-order valence-electron chi connectivity index (χ2n) is 6.16. The number of nitrogens with one attached hydrogen (secondary N) is 1. The number of methoxy groups -OCH3 is 1. The summed E-state index contributed by atoms with van der Waals surface area (Å²) >= 11 is 0. The second kappa shape index (κ2) is 7.61. The van der Waals surface area contributed by atoms with Crippen LogP contribution in [-0.4, -0.2) is 48.9 Å². The molecule has 0 radical (unpaired) electrons. The summed E-state index contributed by atoms with van der Waals surface area (Å²) < 4.78 is 5.21.